The number of piperidine rings is 1. The number of aliphatic imine (C=N–C) groups is 1. The fourth-order valence-electron chi connectivity index (χ4n) is 3.21. The molecule has 5 heteroatoms. The average Bonchev–Trinajstić information content (AvgIpc) is 2.56. The van der Waals surface area contributed by atoms with Gasteiger partial charge in [0.1, 0.15) is 5.75 Å². The van der Waals surface area contributed by atoms with Gasteiger partial charge in [0.25, 0.3) is 0 Å². The van der Waals surface area contributed by atoms with E-state index in [1.807, 2.05) is 6.21 Å². The molecule has 1 aromatic carbocycles. The van der Waals surface area contributed by atoms with Gasteiger partial charge in [-0.3, -0.25) is 0 Å². The van der Waals surface area contributed by atoms with Crippen LogP contribution in [0.2, 0.25) is 0 Å². The van der Waals surface area contributed by atoms with E-state index in [0.717, 1.165) is 63.5 Å². The molecule has 21 heavy (non-hydrogen) atoms. The molecule has 2 saturated heterocycles. The van der Waals surface area contributed by atoms with Gasteiger partial charge in [-0.2, -0.15) is 0 Å². The summed E-state index contributed by atoms with van der Waals surface area (Å²) >= 11 is 0. The van der Waals surface area contributed by atoms with Crippen LogP contribution in [0.4, 0.5) is 5.69 Å². The lowest BCUT2D eigenvalue weighted by Crippen LogP contribution is -2.46. The Morgan fingerprint density at radius 2 is 1.95 bits per heavy atom. The van der Waals surface area contributed by atoms with E-state index in [1.165, 1.54) is 5.69 Å². The van der Waals surface area contributed by atoms with Gasteiger partial charge >= 0.3 is 0 Å². The Morgan fingerprint density at radius 1 is 1.14 bits per heavy atom. The van der Waals surface area contributed by atoms with Crippen molar-refractivity contribution < 1.29 is 9.47 Å². The van der Waals surface area contributed by atoms with Gasteiger partial charge in [-0.25, -0.2) is 4.99 Å². The van der Waals surface area contributed by atoms with Crippen molar-refractivity contribution in [3.63, 3.8) is 0 Å². The SMILES string of the molecule is C1=NC2(CCNCC2)Oc2ccc(N3CCOCC3)cc21. The van der Waals surface area contributed by atoms with E-state index >= 15 is 0 Å². The highest BCUT2D eigenvalue weighted by Crippen LogP contribution is 2.35. The molecule has 0 amide bonds. The predicted molar refractivity (Wildman–Crippen MR) is 82.5 cm³/mol. The van der Waals surface area contributed by atoms with Gasteiger partial charge in [-0.05, 0) is 18.2 Å². The molecule has 112 valence electrons. The highest BCUT2D eigenvalue weighted by molar-refractivity contribution is 5.86. The normalized spacial score (nSPS) is 23.7. The molecule has 3 aliphatic rings. The molecule has 1 N–H and O–H groups in total. The van der Waals surface area contributed by atoms with Crippen molar-refractivity contribution in [2.24, 2.45) is 4.99 Å². The molecule has 0 bridgehead atoms. The second-order valence-corrected chi connectivity index (χ2v) is 5.88. The lowest BCUT2D eigenvalue weighted by molar-refractivity contribution is 0.0430. The molecule has 0 radical (unpaired) electrons. The number of ether oxygens (including phenoxy) is 2. The second kappa shape index (κ2) is 5.31. The van der Waals surface area contributed by atoms with Crippen molar-refractivity contribution >= 4 is 11.9 Å². The maximum absolute atomic E-state index is 6.22. The molecular formula is C16H21N3O2. The molecule has 5 nitrogen and oxygen atoms in total. The summed E-state index contributed by atoms with van der Waals surface area (Å²) in [4.78, 5) is 7.07. The predicted octanol–water partition coefficient (Wildman–Crippen LogP) is 1.41. The summed E-state index contributed by atoms with van der Waals surface area (Å²) in [6, 6.07) is 6.42. The lowest BCUT2D eigenvalue weighted by atomic mass is 10.0. The van der Waals surface area contributed by atoms with Gasteiger partial charge in [-0.1, -0.05) is 0 Å². The standard InChI is InChI=1S/C16H21N3O2/c1-2-15-13(11-14(1)19-7-9-20-10-8-19)12-18-16(21-15)3-5-17-6-4-16/h1-2,11-12,17H,3-10H2. The summed E-state index contributed by atoms with van der Waals surface area (Å²) < 4.78 is 11.6. The second-order valence-electron chi connectivity index (χ2n) is 5.88. The number of fused-ring (bicyclic) bond motifs is 1. The molecule has 0 aromatic heterocycles. The summed E-state index contributed by atoms with van der Waals surface area (Å²) in [5, 5.41) is 3.36. The van der Waals surface area contributed by atoms with Crippen molar-refractivity contribution in [3.8, 4) is 5.75 Å². The number of hydrogen-bond donors (Lipinski definition) is 1. The van der Waals surface area contributed by atoms with Crippen LogP contribution in [0.15, 0.2) is 23.2 Å². The van der Waals surface area contributed by atoms with E-state index in [4.69, 9.17) is 14.5 Å². The summed E-state index contributed by atoms with van der Waals surface area (Å²) in [6.45, 7) is 5.45. The van der Waals surface area contributed by atoms with Crippen molar-refractivity contribution in [2.45, 2.75) is 18.6 Å². The summed E-state index contributed by atoms with van der Waals surface area (Å²) in [5.41, 5.74) is 1.98. The van der Waals surface area contributed by atoms with Crippen LogP contribution >= 0.6 is 0 Å². The smallest absolute Gasteiger partial charge is 0.202 e. The van der Waals surface area contributed by atoms with E-state index in [9.17, 15) is 0 Å². The van der Waals surface area contributed by atoms with E-state index in [-0.39, 0.29) is 5.72 Å². The number of nitrogens with zero attached hydrogens (tertiary/aromatic N) is 2. The maximum atomic E-state index is 6.22. The van der Waals surface area contributed by atoms with Crippen LogP contribution in [-0.4, -0.2) is 51.3 Å². The Bertz CT molecular complexity index is 546. The summed E-state index contributed by atoms with van der Waals surface area (Å²) in [6.07, 6.45) is 3.87. The van der Waals surface area contributed by atoms with Crippen LogP contribution in [-0.2, 0) is 4.74 Å². The first-order valence-corrected chi connectivity index (χ1v) is 7.76. The van der Waals surface area contributed by atoms with Crippen LogP contribution in [0.5, 0.6) is 5.75 Å². The van der Waals surface area contributed by atoms with E-state index in [1.54, 1.807) is 0 Å². The minimum Gasteiger partial charge on any atom is -0.465 e. The first kappa shape index (κ1) is 13.1. The van der Waals surface area contributed by atoms with E-state index in [2.05, 4.69) is 28.4 Å². The Hall–Kier alpha value is -1.59. The zero-order chi connectivity index (χ0) is 14.1. The fourth-order valence-corrected chi connectivity index (χ4v) is 3.21. The lowest BCUT2D eigenvalue weighted by Gasteiger charge is -2.37. The quantitative estimate of drug-likeness (QED) is 0.848. The van der Waals surface area contributed by atoms with E-state index < -0.39 is 0 Å². The first-order valence-electron chi connectivity index (χ1n) is 7.76. The molecule has 3 aliphatic heterocycles. The highest BCUT2D eigenvalue weighted by Gasteiger charge is 2.35. The van der Waals surface area contributed by atoms with Crippen LogP contribution in [0.1, 0.15) is 18.4 Å². The van der Waals surface area contributed by atoms with Gasteiger partial charge in [0.05, 0.1) is 13.2 Å². The minimum atomic E-state index is -0.335. The average molecular weight is 287 g/mol. The number of rotatable bonds is 1. The molecule has 1 spiro atoms. The number of hydrogen-bond acceptors (Lipinski definition) is 5. The van der Waals surface area contributed by atoms with Gasteiger partial charge in [0, 0.05) is 56.5 Å². The molecule has 3 heterocycles. The Balaban J connectivity index is 1.58. The third-order valence-corrected chi connectivity index (χ3v) is 4.49. The van der Waals surface area contributed by atoms with E-state index in [0.29, 0.717) is 0 Å². The van der Waals surface area contributed by atoms with Crippen LogP contribution < -0.4 is 15.0 Å². The van der Waals surface area contributed by atoms with Gasteiger partial charge in [0.2, 0.25) is 5.72 Å². The topological polar surface area (TPSA) is 46.1 Å². The Labute approximate surface area is 124 Å². The molecule has 0 saturated carbocycles. The zero-order valence-electron chi connectivity index (χ0n) is 12.2. The van der Waals surface area contributed by atoms with Crippen molar-refractivity contribution in [1.29, 1.82) is 0 Å². The van der Waals surface area contributed by atoms with Crippen LogP contribution in [0, 0.1) is 0 Å². The largest absolute Gasteiger partial charge is 0.465 e. The van der Waals surface area contributed by atoms with Gasteiger partial charge < -0.3 is 19.7 Å². The molecular weight excluding hydrogens is 266 g/mol. The number of anilines is 1. The third kappa shape index (κ3) is 2.51. The van der Waals surface area contributed by atoms with Crippen molar-refractivity contribution in [3.05, 3.63) is 23.8 Å². The van der Waals surface area contributed by atoms with Gasteiger partial charge in [0.15, 0.2) is 0 Å². The number of nitrogens with one attached hydrogen (secondary N) is 1. The molecule has 4 rings (SSSR count). The summed E-state index contributed by atoms with van der Waals surface area (Å²) in [7, 11) is 0. The number of morpholine rings is 1. The molecule has 0 aliphatic carbocycles. The molecule has 0 unspecified atom stereocenters. The van der Waals surface area contributed by atoms with Crippen LogP contribution in [0.3, 0.4) is 0 Å². The zero-order valence-corrected chi connectivity index (χ0v) is 12.2. The number of benzene rings is 1. The maximum Gasteiger partial charge on any atom is 0.202 e. The Morgan fingerprint density at radius 3 is 2.76 bits per heavy atom. The highest BCUT2D eigenvalue weighted by atomic mass is 16.5. The molecule has 2 fully saturated rings. The monoisotopic (exact) mass is 287 g/mol. The third-order valence-electron chi connectivity index (χ3n) is 4.49. The van der Waals surface area contributed by atoms with Gasteiger partial charge in [-0.15, -0.1) is 0 Å². The Kier molecular flexibility index (Phi) is 3.31. The first-order chi connectivity index (χ1) is 10.3. The summed E-state index contributed by atoms with van der Waals surface area (Å²) in [5.74, 6) is 0.962. The van der Waals surface area contributed by atoms with Crippen LogP contribution in [0.25, 0.3) is 0 Å². The van der Waals surface area contributed by atoms with Crippen molar-refractivity contribution in [1.82, 2.24) is 5.32 Å². The minimum absolute atomic E-state index is 0.335. The fraction of sp³-hybridized carbons (Fsp3) is 0.562. The molecule has 0 atom stereocenters. The van der Waals surface area contributed by atoms with Crippen molar-refractivity contribution in [2.75, 3.05) is 44.3 Å². The molecule has 1 aromatic rings.